The Kier molecular flexibility index (Phi) is 3.65. The molecule has 1 aromatic rings. The molecule has 0 aromatic heterocycles. The Morgan fingerprint density at radius 2 is 2.00 bits per heavy atom. The highest BCUT2D eigenvalue weighted by molar-refractivity contribution is 5.40. The second-order valence-corrected chi connectivity index (χ2v) is 5.40. The lowest BCUT2D eigenvalue weighted by atomic mass is 9.73. The molecule has 0 spiro atoms. The smallest absolute Gasteiger partial charge is 0.0612 e. The van der Waals surface area contributed by atoms with Crippen LogP contribution in [-0.2, 0) is 6.42 Å². The molecule has 1 N–H and O–H groups in total. The van der Waals surface area contributed by atoms with Crippen LogP contribution in [0.3, 0.4) is 0 Å². The molecule has 1 aliphatic carbocycles. The molecule has 0 saturated heterocycles. The topological polar surface area (TPSA) is 20.2 Å². The minimum Gasteiger partial charge on any atom is -0.392 e. The van der Waals surface area contributed by atoms with E-state index in [1.165, 1.54) is 17.5 Å². The molecule has 16 heavy (non-hydrogen) atoms. The number of rotatable bonds is 5. The van der Waals surface area contributed by atoms with E-state index >= 15 is 0 Å². The van der Waals surface area contributed by atoms with Crippen molar-refractivity contribution in [3.63, 3.8) is 0 Å². The van der Waals surface area contributed by atoms with E-state index in [1.54, 1.807) is 0 Å². The van der Waals surface area contributed by atoms with Crippen molar-refractivity contribution in [2.45, 2.75) is 51.6 Å². The number of aliphatic hydroxyl groups is 1. The number of hydrogen-bond acceptors (Lipinski definition) is 1. The van der Waals surface area contributed by atoms with Crippen LogP contribution in [0.25, 0.3) is 0 Å². The van der Waals surface area contributed by atoms with Gasteiger partial charge >= 0.3 is 0 Å². The zero-order chi connectivity index (χ0) is 11.5. The first-order chi connectivity index (χ1) is 7.68. The Labute approximate surface area is 98.5 Å². The summed E-state index contributed by atoms with van der Waals surface area (Å²) in [5.74, 6) is 1.16. The highest BCUT2D eigenvalue weighted by Gasteiger charge is 2.30. The number of aliphatic hydroxyl groups excluding tert-OH is 1. The van der Waals surface area contributed by atoms with Crippen LogP contribution >= 0.6 is 0 Å². The minimum atomic E-state index is -0.131. The summed E-state index contributed by atoms with van der Waals surface area (Å²) in [5, 5.41) is 10.1. The van der Waals surface area contributed by atoms with Crippen LogP contribution in [0.2, 0.25) is 0 Å². The molecule has 88 valence electrons. The van der Waals surface area contributed by atoms with Gasteiger partial charge < -0.3 is 5.11 Å². The van der Waals surface area contributed by atoms with Crippen LogP contribution in [0.15, 0.2) is 24.3 Å². The van der Waals surface area contributed by atoms with E-state index in [4.69, 9.17) is 0 Å². The molecule has 0 amide bonds. The van der Waals surface area contributed by atoms with Gasteiger partial charge in [-0.25, -0.2) is 0 Å². The normalized spacial score (nSPS) is 20.4. The maximum atomic E-state index is 10.1. The van der Waals surface area contributed by atoms with E-state index in [-0.39, 0.29) is 6.10 Å². The Balaban J connectivity index is 1.82. The van der Waals surface area contributed by atoms with E-state index in [0.29, 0.717) is 5.92 Å². The van der Waals surface area contributed by atoms with E-state index in [0.717, 1.165) is 25.2 Å². The molecular weight excluding hydrogens is 196 g/mol. The van der Waals surface area contributed by atoms with Gasteiger partial charge in [0.2, 0.25) is 0 Å². The van der Waals surface area contributed by atoms with Crippen molar-refractivity contribution < 1.29 is 5.11 Å². The van der Waals surface area contributed by atoms with Gasteiger partial charge in [-0.2, -0.15) is 0 Å². The second kappa shape index (κ2) is 5.01. The lowest BCUT2D eigenvalue weighted by molar-refractivity contribution is 0.119. The van der Waals surface area contributed by atoms with Crippen LogP contribution in [-0.4, -0.2) is 11.2 Å². The molecule has 0 radical (unpaired) electrons. The minimum absolute atomic E-state index is 0.131. The van der Waals surface area contributed by atoms with Gasteiger partial charge in [-0.15, -0.1) is 0 Å². The Hall–Kier alpha value is -0.820. The zero-order valence-corrected chi connectivity index (χ0v) is 10.3. The molecule has 0 fully saturated rings. The molecule has 0 heterocycles. The average molecular weight is 218 g/mol. The average Bonchev–Trinajstić information content (AvgIpc) is 2.19. The fourth-order valence-electron chi connectivity index (χ4n) is 2.58. The van der Waals surface area contributed by atoms with Gasteiger partial charge in [0, 0.05) is 5.92 Å². The molecule has 2 atom stereocenters. The van der Waals surface area contributed by atoms with Gasteiger partial charge in [0.05, 0.1) is 6.10 Å². The first-order valence-corrected chi connectivity index (χ1v) is 6.44. The predicted molar refractivity (Wildman–Crippen MR) is 67.6 cm³/mol. The second-order valence-electron chi connectivity index (χ2n) is 5.40. The van der Waals surface area contributed by atoms with E-state index in [1.807, 2.05) is 0 Å². The van der Waals surface area contributed by atoms with Crippen molar-refractivity contribution in [2.24, 2.45) is 5.92 Å². The van der Waals surface area contributed by atoms with Crippen molar-refractivity contribution >= 4 is 0 Å². The van der Waals surface area contributed by atoms with Crippen LogP contribution in [0.5, 0.6) is 0 Å². The van der Waals surface area contributed by atoms with Gasteiger partial charge in [-0.05, 0) is 29.9 Å². The van der Waals surface area contributed by atoms with Crippen molar-refractivity contribution in [3.05, 3.63) is 35.4 Å². The molecule has 0 aliphatic heterocycles. The van der Waals surface area contributed by atoms with Gasteiger partial charge in [0.25, 0.3) is 0 Å². The van der Waals surface area contributed by atoms with E-state index < -0.39 is 0 Å². The van der Waals surface area contributed by atoms with Crippen LogP contribution in [0, 0.1) is 5.92 Å². The monoisotopic (exact) mass is 218 g/mol. The van der Waals surface area contributed by atoms with Gasteiger partial charge in [0.1, 0.15) is 0 Å². The summed E-state index contributed by atoms with van der Waals surface area (Å²) in [4.78, 5) is 0. The summed E-state index contributed by atoms with van der Waals surface area (Å²) in [6.45, 7) is 4.48. The first-order valence-electron chi connectivity index (χ1n) is 6.44. The molecule has 2 unspecified atom stereocenters. The molecule has 0 bridgehead atoms. The van der Waals surface area contributed by atoms with E-state index in [9.17, 15) is 5.11 Å². The van der Waals surface area contributed by atoms with Crippen molar-refractivity contribution in [1.29, 1.82) is 0 Å². The summed E-state index contributed by atoms with van der Waals surface area (Å²) < 4.78 is 0. The highest BCUT2D eigenvalue weighted by Crippen LogP contribution is 2.38. The third kappa shape index (κ3) is 2.46. The summed E-state index contributed by atoms with van der Waals surface area (Å²) in [6, 6.07) is 8.49. The van der Waals surface area contributed by atoms with Crippen LogP contribution < -0.4 is 0 Å². The quantitative estimate of drug-likeness (QED) is 0.801. The summed E-state index contributed by atoms with van der Waals surface area (Å²) in [6.07, 6.45) is 4.27. The number of hydrogen-bond donors (Lipinski definition) is 1. The lowest BCUT2D eigenvalue weighted by Gasteiger charge is -2.34. The fourth-order valence-corrected chi connectivity index (χ4v) is 2.58. The number of benzene rings is 1. The zero-order valence-electron chi connectivity index (χ0n) is 10.3. The van der Waals surface area contributed by atoms with Crippen molar-refractivity contribution in [2.75, 3.05) is 0 Å². The van der Waals surface area contributed by atoms with Gasteiger partial charge in [-0.3, -0.25) is 0 Å². The standard InChI is InChI=1S/C15H22O/c1-11(2)6-5-9-15(16)14-10-12-7-3-4-8-13(12)14/h3-4,7-8,11,14-16H,5-6,9-10H2,1-2H3. The van der Waals surface area contributed by atoms with Crippen LogP contribution in [0.1, 0.15) is 50.2 Å². The van der Waals surface area contributed by atoms with Gasteiger partial charge in [0.15, 0.2) is 0 Å². The maximum Gasteiger partial charge on any atom is 0.0612 e. The van der Waals surface area contributed by atoms with Gasteiger partial charge in [-0.1, -0.05) is 51.0 Å². The largest absolute Gasteiger partial charge is 0.392 e. The number of fused-ring (bicyclic) bond motifs is 1. The molecule has 1 aromatic carbocycles. The summed E-state index contributed by atoms with van der Waals surface area (Å²) in [5.41, 5.74) is 2.80. The maximum absolute atomic E-state index is 10.1. The Bertz CT molecular complexity index is 343. The van der Waals surface area contributed by atoms with E-state index in [2.05, 4.69) is 38.1 Å². The summed E-state index contributed by atoms with van der Waals surface area (Å²) >= 11 is 0. The molecule has 1 nitrogen and oxygen atoms in total. The van der Waals surface area contributed by atoms with Crippen molar-refractivity contribution in [3.8, 4) is 0 Å². The predicted octanol–water partition coefficient (Wildman–Crippen LogP) is 3.51. The lowest BCUT2D eigenvalue weighted by Crippen LogP contribution is -2.28. The Morgan fingerprint density at radius 3 is 2.69 bits per heavy atom. The Morgan fingerprint density at radius 1 is 1.25 bits per heavy atom. The molecule has 1 aliphatic rings. The third-order valence-corrected chi connectivity index (χ3v) is 3.64. The highest BCUT2D eigenvalue weighted by atomic mass is 16.3. The molecule has 1 heteroatoms. The summed E-state index contributed by atoms with van der Waals surface area (Å²) in [7, 11) is 0. The fraction of sp³-hybridized carbons (Fsp3) is 0.600. The van der Waals surface area contributed by atoms with Crippen LogP contribution in [0.4, 0.5) is 0 Å². The van der Waals surface area contributed by atoms with Crippen molar-refractivity contribution in [1.82, 2.24) is 0 Å². The molecule has 2 rings (SSSR count). The first kappa shape index (κ1) is 11.7. The SMILES string of the molecule is CC(C)CCCC(O)C1Cc2ccccc21. The molecular formula is C15H22O. The molecule has 0 saturated carbocycles. The third-order valence-electron chi connectivity index (χ3n) is 3.64.